The molecule has 1 rings (SSSR count). The highest BCUT2D eigenvalue weighted by Gasteiger charge is 2.22. The highest BCUT2D eigenvalue weighted by atomic mass is 15.3. The van der Waals surface area contributed by atoms with E-state index in [0.29, 0.717) is 6.04 Å². The van der Waals surface area contributed by atoms with E-state index in [-0.39, 0.29) is 0 Å². The van der Waals surface area contributed by atoms with Gasteiger partial charge < -0.3 is 5.32 Å². The van der Waals surface area contributed by atoms with Crippen LogP contribution in [0, 0.1) is 0 Å². The molecule has 0 spiro atoms. The zero-order valence-electron chi connectivity index (χ0n) is 12.2. The van der Waals surface area contributed by atoms with Crippen molar-refractivity contribution in [3.8, 4) is 0 Å². The Morgan fingerprint density at radius 2 is 1.47 bits per heavy atom. The minimum Gasteiger partial charge on any atom is -0.315 e. The molecule has 102 valence electrons. The van der Waals surface area contributed by atoms with Crippen LogP contribution in [-0.2, 0) is 0 Å². The Bertz CT molecular complexity index is 188. The minimum absolute atomic E-state index is 0.681. The predicted octanol–water partition coefficient (Wildman–Crippen LogP) is 1.79. The largest absolute Gasteiger partial charge is 0.315 e. The summed E-state index contributed by atoms with van der Waals surface area (Å²) < 4.78 is 0. The Labute approximate surface area is 108 Å². The van der Waals surface area contributed by atoms with E-state index in [4.69, 9.17) is 0 Å². The molecule has 0 amide bonds. The van der Waals surface area contributed by atoms with Crippen LogP contribution in [0.4, 0.5) is 0 Å². The smallest absolute Gasteiger partial charge is 0.0193 e. The van der Waals surface area contributed by atoms with Crippen molar-refractivity contribution in [1.29, 1.82) is 0 Å². The van der Waals surface area contributed by atoms with Gasteiger partial charge in [-0.1, -0.05) is 13.8 Å². The molecule has 1 aliphatic heterocycles. The number of nitrogens with one attached hydrogen (secondary N) is 1. The Hall–Kier alpha value is -0.120. The van der Waals surface area contributed by atoms with Gasteiger partial charge in [-0.3, -0.25) is 9.80 Å². The molecule has 3 heteroatoms. The van der Waals surface area contributed by atoms with E-state index in [2.05, 4.69) is 42.8 Å². The van der Waals surface area contributed by atoms with Crippen molar-refractivity contribution in [3.05, 3.63) is 0 Å². The van der Waals surface area contributed by atoms with E-state index < -0.39 is 0 Å². The number of nitrogens with zero attached hydrogens (tertiary/aromatic N) is 2. The number of hydrogen-bond acceptors (Lipinski definition) is 3. The van der Waals surface area contributed by atoms with Crippen LogP contribution in [-0.4, -0.2) is 61.2 Å². The fourth-order valence-corrected chi connectivity index (χ4v) is 2.49. The van der Waals surface area contributed by atoms with E-state index >= 15 is 0 Å². The summed E-state index contributed by atoms with van der Waals surface area (Å²) in [5.74, 6) is 0. The van der Waals surface area contributed by atoms with Gasteiger partial charge in [0.2, 0.25) is 0 Å². The second kappa shape index (κ2) is 8.06. The molecule has 0 saturated carbocycles. The van der Waals surface area contributed by atoms with Crippen molar-refractivity contribution in [1.82, 2.24) is 15.1 Å². The van der Waals surface area contributed by atoms with E-state index in [1.165, 1.54) is 39.0 Å². The molecule has 1 saturated heterocycles. The van der Waals surface area contributed by atoms with E-state index in [9.17, 15) is 0 Å². The van der Waals surface area contributed by atoms with Gasteiger partial charge in [0.15, 0.2) is 0 Å². The van der Waals surface area contributed by atoms with Crippen molar-refractivity contribution in [2.45, 2.75) is 52.6 Å². The SMILES string of the molecule is CCCNCC(C)N1CCN(C(C)CC)CC1. The summed E-state index contributed by atoms with van der Waals surface area (Å²) in [6, 6.07) is 1.44. The Kier molecular flexibility index (Phi) is 7.09. The maximum Gasteiger partial charge on any atom is 0.0193 e. The minimum atomic E-state index is 0.681. The van der Waals surface area contributed by atoms with Gasteiger partial charge >= 0.3 is 0 Å². The molecule has 2 unspecified atom stereocenters. The molecule has 1 fully saturated rings. The first-order valence-corrected chi connectivity index (χ1v) is 7.37. The summed E-state index contributed by atoms with van der Waals surface area (Å²) in [4.78, 5) is 5.25. The highest BCUT2D eigenvalue weighted by molar-refractivity contribution is 4.79. The first-order valence-electron chi connectivity index (χ1n) is 7.37. The summed E-state index contributed by atoms with van der Waals surface area (Å²) >= 11 is 0. The molecular formula is C14H31N3. The normalized spacial score (nSPS) is 22.6. The first kappa shape index (κ1) is 14.9. The molecule has 0 radical (unpaired) electrons. The maximum absolute atomic E-state index is 3.52. The van der Waals surface area contributed by atoms with Gasteiger partial charge in [-0.05, 0) is 33.2 Å². The van der Waals surface area contributed by atoms with E-state index in [0.717, 1.165) is 19.1 Å². The Balaban J connectivity index is 2.21. The number of piperazine rings is 1. The second-order valence-corrected chi connectivity index (χ2v) is 5.38. The third-order valence-electron chi connectivity index (χ3n) is 4.05. The second-order valence-electron chi connectivity index (χ2n) is 5.38. The molecule has 1 N–H and O–H groups in total. The molecule has 1 heterocycles. The van der Waals surface area contributed by atoms with Crippen LogP contribution in [0.1, 0.15) is 40.5 Å². The quantitative estimate of drug-likeness (QED) is 0.686. The summed E-state index contributed by atoms with van der Waals surface area (Å²) in [5, 5.41) is 3.52. The Morgan fingerprint density at radius 1 is 0.941 bits per heavy atom. The zero-order chi connectivity index (χ0) is 12.7. The van der Waals surface area contributed by atoms with Crippen molar-refractivity contribution in [3.63, 3.8) is 0 Å². The molecular weight excluding hydrogens is 210 g/mol. The van der Waals surface area contributed by atoms with Crippen molar-refractivity contribution in [2.24, 2.45) is 0 Å². The fraction of sp³-hybridized carbons (Fsp3) is 1.00. The van der Waals surface area contributed by atoms with Gasteiger partial charge in [-0.2, -0.15) is 0 Å². The van der Waals surface area contributed by atoms with Gasteiger partial charge in [0.25, 0.3) is 0 Å². The van der Waals surface area contributed by atoms with E-state index in [1.807, 2.05) is 0 Å². The molecule has 2 atom stereocenters. The molecule has 3 nitrogen and oxygen atoms in total. The molecule has 0 aromatic heterocycles. The third-order valence-corrected chi connectivity index (χ3v) is 4.05. The maximum atomic E-state index is 3.52. The van der Waals surface area contributed by atoms with Crippen molar-refractivity contribution in [2.75, 3.05) is 39.3 Å². The lowest BCUT2D eigenvalue weighted by Gasteiger charge is -2.40. The van der Waals surface area contributed by atoms with Gasteiger partial charge in [-0.15, -0.1) is 0 Å². The molecule has 0 bridgehead atoms. The highest BCUT2D eigenvalue weighted by Crippen LogP contribution is 2.10. The van der Waals surface area contributed by atoms with Crippen LogP contribution in [0.5, 0.6) is 0 Å². The standard InChI is InChI=1S/C14H31N3/c1-5-7-15-12-14(4)17-10-8-16(9-11-17)13(3)6-2/h13-15H,5-12H2,1-4H3. The lowest BCUT2D eigenvalue weighted by Crippen LogP contribution is -2.53. The van der Waals surface area contributed by atoms with Crippen LogP contribution in [0.15, 0.2) is 0 Å². The molecule has 0 aliphatic carbocycles. The van der Waals surface area contributed by atoms with Crippen LogP contribution in [0.25, 0.3) is 0 Å². The summed E-state index contributed by atoms with van der Waals surface area (Å²) in [6.45, 7) is 16.5. The Morgan fingerprint density at radius 3 is 1.94 bits per heavy atom. The fourth-order valence-electron chi connectivity index (χ4n) is 2.49. The lowest BCUT2D eigenvalue weighted by molar-refractivity contribution is 0.0772. The van der Waals surface area contributed by atoms with Gasteiger partial charge in [0, 0.05) is 44.8 Å². The first-order chi connectivity index (χ1) is 8.19. The van der Waals surface area contributed by atoms with Crippen LogP contribution in [0.2, 0.25) is 0 Å². The zero-order valence-corrected chi connectivity index (χ0v) is 12.2. The predicted molar refractivity (Wildman–Crippen MR) is 75.5 cm³/mol. The average Bonchev–Trinajstić information content (AvgIpc) is 2.38. The summed E-state index contributed by atoms with van der Waals surface area (Å²) in [5.41, 5.74) is 0. The topological polar surface area (TPSA) is 18.5 Å². The monoisotopic (exact) mass is 241 g/mol. The molecule has 0 aromatic carbocycles. The molecule has 17 heavy (non-hydrogen) atoms. The van der Waals surface area contributed by atoms with Crippen molar-refractivity contribution < 1.29 is 0 Å². The average molecular weight is 241 g/mol. The van der Waals surface area contributed by atoms with Gasteiger partial charge in [-0.25, -0.2) is 0 Å². The van der Waals surface area contributed by atoms with Crippen LogP contribution >= 0.6 is 0 Å². The third kappa shape index (κ3) is 4.94. The summed E-state index contributed by atoms with van der Waals surface area (Å²) in [7, 11) is 0. The number of rotatable bonds is 7. The molecule has 1 aliphatic rings. The van der Waals surface area contributed by atoms with Crippen molar-refractivity contribution >= 4 is 0 Å². The summed E-state index contributed by atoms with van der Waals surface area (Å²) in [6.07, 6.45) is 2.50. The lowest BCUT2D eigenvalue weighted by atomic mass is 10.1. The number of hydrogen-bond donors (Lipinski definition) is 1. The van der Waals surface area contributed by atoms with Gasteiger partial charge in [0.05, 0.1) is 0 Å². The van der Waals surface area contributed by atoms with Crippen LogP contribution in [0.3, 0.4) is 0 Å². The molecule has 0 aromatic rings. The van der Waals surface area contributed by atoms with E-state index in [1.54, 1.807) is 0 Å². The van der Waals surface area contributed by atoms with Crippen LogP contribution < -0.4 is 5.32 Å². The van der Waals surface area contributed by atoms with Gasteiger partial charge in [0.1, 0.15) is 0 Å².